The van der Waals surface area contributed by atoms with Crippen LogP contribution in [0.5, 0.6) is 0 Å². The van der Waals surface area contributed by atoms with E-state index in [-0.39, 0.29) is 12.5 Å². The van der Waals surface area contributed by atoms with Gasteiger partial charge in [0, 0.05) is 24.7 Å². The fraction of sp³-hybridized carbons (Fsp3) is 0.533. The monoisotopic (exact) mass is 344 g/mol. The van der Waals surface area contributed by atoms with Gasteiger partial charge in [0.25, 0.3) is 0 Å². The molecule has 22 heavy (non-hydrogen) atoms. The Kier molecular flexibility index (Phi) is 5.83. The van der Waals surface area contributed by atoms with Crippen molar-refractivity contribution in [3.05, 3.63) is 34.9 Å². The average Bonchev–Trinajstić information content (AvgIpc) is 2.98. The normalized spacial score (nSPS) is 15.5. The van der Waals surface area contributed by atoms with Gasteiger partial charge in [0.05, 0.1) is 12.8 Å². The van der Waals surface area contributed by atoms with Crippen LogP contribution >= 0.6 is 11.6 Å². The van der Waals surface area contributed by atoms with Gasteiger partial charge in [-0.1, -0.05) is 23.7 Å². The summed E-state index contributed by atoms with van der Waals surface area (Å²) in [7, 11) is -3.41. The molecule has 0 spiro atoms. The van der Waals surface area contributed by atoms with Gasteiger partial charge >= 0.3 is 0 Å². The number of benzene rings is 1. The third-order valence-electron chi connectivity index (χ3n) is 3.80. The van der Waals surface area contributed by atoms with Crippen molar-refractivity contribution in [2.45, 2.75) is 19.3 Å². The lowest BCUT2D eigenvalue weighted by Crippen LogP contribution is -2.42. The fourth-order valence-electron chi connectivity index (χ4n) is 2.48. The van der Waals surface area contributed by atoms with E-state index in [1.807, 2.05) is 12.1 Å². The number of hydrogen-bond donors (Lipinski definition) is 0. The molecule has 0 unspecified atom stereocenters. The first-order valence-corrected chi connectivity index (χ1v) is 9.56. The van der Waals surface area contributed by atoms with Gasteiger partial charge in [0.15, 0.2) is 0 Å². The van der Waals surface area contributed by atoms with Gasteiger partial charge in [-0.3, -0.25) is 4.79 Å². The van der Waals surface area contributed by atoms with Crippen LogP contribution in [0.15, 0.2) is 24.3 Å². The van der Waals surface area contributed by atoms with Gasteiger partial charge in [-0.15, -0.1) is 0 Å². The van der Waals surface area contributed by atoms with Crippen molar-refractivity contribution in [3.63, 3.8) is 0 Å². The van der Waals surface area contributed by atoms with Crippen LogP contribution in [0.4, 0.5) is 0 Å². The third kappa shape index (κ3) is 4.97. The van der Waals surface area contributed by atoms with Crippen LogP contribution in [0.25, 0.3) is 0 Å². The minimum absolute atomic E-state index is 0.0770. The molecular weight excluding hydrogens is 324 g/mol. The first-order chi connectivity index (χ1) is 10.4. The summed E-state index contributed by atoms with van der Waals surface area (Å²) < 4.78 is 25.0. The Morgan fingerprint density at radius 2 is 1.82 bits per heavy atom. The highest BCUT2D eigenvalue weighted by Gasteiger charge is 2.24. The summed E-state index contributed by atoms with van der Waals surface area (Å²) in [6, 6.07) is 7.28. The number of likely N-dealkylation sites (tertiary alicyclic amines) is 1. The summed E-state index contributed by atoms with van der Waals surface area (Å²) in [5.41, 5.74) is 0.992. The Balaban J connectivity index is 1.97. The van der Waals surface area contributed by atoms with Gasteiger partial charge in [0.1, 0.15) is 0 Å². The zero-order chi connectivity index (χ0) is 16.2. The lowest BCUT2D eigenvalue weighted by Gasteiger charge is -2.23. The summed E-state index contributed by atoms with van der Waals surface area (Å²) in [6.07, 6.45) is 3.69. The SMILES string of the molecule is CS(=O)(=O)N(CCc1ccc(Cl)cc1)CC(=O)N1CCCC1. The Morgan fingerprint density at radius 1 is 1.23 bits per heavy atom. The van der Waals surface area contributed by atoms with Crippen LogP contribution in [-0.2, 0) is 21.2 Å². The van der Waals surface area contributed by atoms with Crippen LogP contribution in [-0.4, -0.2) is 56.0 Å². The lowest BCUT2D eigenvalue weighted by atomic mass is 10.1. The second kappa shape index (κ2) is 7.44. The van der Waals surface area contributed by atoms with Crippen LogP contribution in [0.3, 0.4) is 0 Å². The Labute approximate surface area is 136 Å². The van der Waals surface area contributed by atoms with Crippen molar-refractivity contribution >= 4 is 27.5 Å². The van der Waals surface area contributed by atoms with Crippen molar-refractivity contribution in [2.24, 2.45) is 0 Å². The van der Waals surface area contributed by atoms with Gasteiger partial charge in [-0.05, 0) is 37.0 Å². The van der Waals surface area contributed by atoms with E-state index in [0.717, 1.165) is 37.8 Å². The van der Waals surface area contributed by atoms with Gasteiger partial charge in [-0.25, -0.2) is 8.42 Å². The minimum Gasteiger partial charge on any atom is -0.342 e. The van der Waals surface area contributed by atoms with E-state index >= 15 is 0 Å². The van der Waals surface area contributed by atoms with Gasteiger partial charge < -0.3 is 4.90 Å². The molecule has 1 aromatic carbocycles. The molecule has 0 atom stereocenters. The van der Waals surface area contributed by atoms with Crippen LogP contribution < -0.4 is 0 Å². The summed E-state index contributed by atoms with van der Waals surface area (Å²) >= 11 is 5.83. The summed E-state index contributed by atoms with van der Waals surface area (Å²) in [5.74, 6) is -0.112. The lowest BCUT2D eigenvalue weighted by molar-refractivity contribution is -0.130. The maximum Gasteiger partial charge on any atom is 0.237 e. The number of sulfonamides is 1. The number of carbonyl (C=O) groups excluding carboxylic acids is 1. The highest BCUT2D eigenvalue weighted by Crippen LogP contribution is 2.12. The smallest absolute Gasteiger partial charge is 0.237 e. The number of carbonyl (C=O) groups is 1. The standard InChI is InChI=1S/C15H21ClN2O3S/c1-22(20,21)18(12-15(19)17-9-2-3-10-17)11-8-13-4-6-14(16)7-5-13/h4-7H,2-3,8-12H2,1H3. The van der Waals surface area contributed by atoms with Crippen molar-refractivity contribution in [3.8, 4) is 0 Å². The largest absolute Gasteiger partial charge is 0.342 e. The van der Waals surface area contributed by atoms with E-state index in [9.17, 15) is 13.2 Å². The molecule has 7 heteroatoms. The Hall–Kier alpha value is -1.11. The first-order valence-electron chi connectivity index (χ1n) is 7.33. The van der Waals surface area contributed by atoms with Gasteiger partial charge in [-0.2, -0.15) is 4.31 Å². The van der Waals surface area contributed by atoms with Gasteiger partial charge in [0.2, 0.25) is 15.9 Å². The molecule has 0 saturated carbocycles. The van der Waals surface area contributed by atoms with E-state index in [4.69, 9.17) is 11.6 Å². The molecule has 0 aliphatic carbocycles. The van der Waals surface area contributed by atoms with Crippen molar-refractivity contribution in [2.75, 3.05) is 32.4 Å². The number of amides is 1. The average molecular weight is 345 g/mol. The zero-order valence-electron chi connectivity index (χ0n) is 12.7. The molecule has 1 fully saturated rings. The molecule has 0 N–H and O–H groups in total. The maximum atomic E-state index is 12.2. The van der Waals surface area contributed by atoms with E-state index in [1.165, 1.54) is 4.31 Å². The highest BCUT2D eigenvalue weighted by atomic mass is 35.5. The molecule has 1 aliphatic rings. The van der Waals surface area contributed by atoms with Crippen molar-refractivity contribution in [1.29, 1.82) is 0 Å². The number of halogens is 1. The van der Waals surface area contributed by atoms with E-state index in [2.05, 4.69) is 0 Å². The number of nitrogens with zero attached hydrogens (tertiary/aromatic N) is 2. The molecule has 0 aromatic heterocycles. The van der Waals surface area contributed by atoms with E-state index < -0.39 is 10.0 Å². The van der Waals surface area contributed by atoms with Crippen LogP contribution in [0.2, 0.25) is 5.02 Å². The second-order valence-electron chi connectivity index (χ2n) is 5.56. The first kappa shape index (κ1) is 17.2. The maximum absolute atomic E-state index is 12.2. The topological polar surface area (TPSA) is 57.7 Å². The van der Waals surface area contributed by atoms with E-state index in [0.29, 0.717) is 18.0 Å². The molecule has 122 valence electrons. The summed E-state index contributed by atoms with van der Waals surface area (Å²) in [5, 5.41) is 0.646. The highest BCUT2D eigenvalue weighted by molar-refractivity contribution is 7.88. The molecule has 0 radical (unpaired) electrons. The summed E-state index contributed by atoms with van der Waals surface area (Å²) in [6.45, 7) is 1.67. The van der Waals surface area contributed by atoms with Crippen molar-refractivity contribution in [1.82, 2.24) is 9.21 Å². The molecular formula is C15H21ClN2O3S. The molecule has 1 saturated heterocycles. The van der Waals surface area contributed by atoms with Crippen LogP contribution in [0.1, 0.15) is 18.4 Å². The molecule has 1 aromatic rings. The van der Waals surface area contributed by atoms with E-state index in [1.54, 1.807) is 17.0 Å². The molecule has 1 heterocycles. The van der Waals surface area contributed by atoms with Crippen molar-refractivity contribution < 1.29 is 13.2 Å². The minimum atomic E-state index is -3.41. The Morgan fingerprint density at radius 3 is 2.36 bits per heavy atom. The zero-order valence-corrected chi connectivity index (χ0v) is 14.2. The predicted octanol–water partition coefficient (Wildman–Crippen LogP) is 1.77. The predicted molar refractivity (Wildman–Crippen MR) is 87.4 cm³/mol. The molecule has 1 aliphatic heterocycles. The Bertz CT molecular complexity index is 610. The van der Waals surface area contributed by atoms with Crippen LogP contribution in [0, 0.1) is 0 Å². The quantitative estimate of drug-likeness (QED) is 0.790. The molecule has 5 nitrogen and oxygen atoms in total. The number of hydrogen-bond acceptors (Lipinski definition) is 3. The summed E-state index contributed by atoms with van der Waals surface area (Å²) in [4.78, 5) is 13.9. The molecule has 1 amide bonds. The third-order valence-corrected chi connectivity index (χ3v) is 5.30. The fourth-order valence-corrected chi connectivity index (χ4v) is 3.38. The molecule has 0 bridgehead atoms. The second-order valence-corrected chi connectivity index (χ2v) is 7.98. The molecule has 2 rings (SSSR count). The number of rotatable bonds is 6.